The number of rotatable bonds is 8. The summed E-state index contributed by atoms with van der Waals surface area (Å²) in [5.41, 5.74) is 5.54. The average molecular weight is 530 g/mol. The molecule has 174 valence electrons. The van der Waals surface area contributed by atoms with Gasteiger partial charge in [-0.3, -0.25) is 0 Å². The topological polar surface area (TPSA) is 33.7 Å². The van der Waals surface area contributed by atoms with Gasteiger partial charge in [-0.15, -0.1) is 0 Å². The van der Waals surface area contributed by atoms with Gasteiger partial charge < -0.3 is 19.7 Å². The lowest BCUT2D eigenvalue weighted by atomic mass is 10.1. The van der Waals surface area contributed by atoms with Gasteiger partial charge in [-0.05, 0) is 67.6 Å². The molecule has 33 heavy (non-hydrogen) atoms. The van der Waals surface area contributed by atoms with E-state index in [9.17, 15) is 0 Å². The molecule has 1 aliphatic rings. The third kappa shape index (κ3) is 6.15. The maximum Gasteiger partial charge on any atom is 0.162 e. The number of anilines is 2. The van der Waals surface area contributed by atoms with Crippen molar-refractivity contribution in [1.82, 2.24) is 0 Å². The van der Waals surface area contributed by atoms with E-state index in [1.165, 1.54) is 24.8 Å². The minimum atomic E-state index is 0.490. The number of nitrogens with zero attached hydrogens (tertiary/aromatic N) is 1. The van der Waals surface area contributed by atoms with Gasteiger partial charge >= 0.3 is 0 Å². The molecule has 0 aliphatic carbocycles. The number of hydrogen-bond donors (Lipinski definition) is 1. The number of nitrogens with one attached hydrogen (secondary N) is 1. The van der Waals surface area contributed by atoms with Crippen LogP contribution in [-0.4, -0.2) is 20.2 Å². The Hall–Kier alpha value is -2.37. The zero-order valence-corrected chi connectivity index (χ0v) is 21.5. The molecule has 0 unspecified atom stereocenters. The summed E-state index contributed by atoms with van der Waals surface area (Å²) in [4.78, 5) is 2.38. The van der Waals surface area contributed by atoms with E-state index in [1.54, 1.807) is 7.11 Å². The van der Waals surface area contributed by atoms with Crippen LogP contribution in [0.5, 0.6) is 11.5 Å². The largest absolute Gasteiger partial charge is 0.493 e. The van der Waals surface area contributed by atoms with Crippen molar-refractivity contribution < 1.29 is 9.47 Å². The standard InChI is InChI=1S/C27H30BrClN2O2/c1-19-7-6-8-20(13-19)18-33-27-16-23(28)21(14-26(27)32-2)17-30-22-9-10-25(24(29)15-22)31-11-4-3-5-12-31/h6-10,13-16,30H,3-5,11-12,17-18H2,1-2H3. The summed E-state index contributed by atoms with van der Waals surface area (Å²) in [6, 6.07) is 18.5. The Bertz CT molecular complexity index is 1100. The zero-order valence-electron chi connectivity index (χ0n) is 19.2. The molecule has 0 bridgehead atoms. The van der Waals surface area contributed by atoms with E-state index in [-0.39, 0.29) is 0 Å². The smallest absolute Gasteiger partial charge is 0.162 e. The summed E-state index contributed by atoms with van der Waals surface area (Å²) in [6.45, 7) is 5.37. The van der Waals surface area contributed by atoms with Crippen molar-refractivity contribution in [2.24, 2.45) is 0 Å². The molecule has 0 saturated carbocycles. The average Bonchev–Trinajstić information content (AvgIpc) is 2.82. The van der Waals surface area contributed by atoms with Crippen LogP contribution in [0.1, 0.15) is 36.0 Å². The van der Waals surface area contributed by atoms with Crippen molar-refractivity contribution in [3.63, 3.8) is 0 Å². The van der Waals surface area contributed by atoms with Crippen molar-refractivity contribution in [3.8, 4) is 11.5 Å². The molecule has 1 N–H and O–H groups in total. The van der Waals surface area contributed by atoms with Gasteiger partial charge in [0.05, 0.1) is 17.8 Å². The van der Waals surface area contributed by atoms with Gasteiger partial charge in [-0.2, -0.15) is 0 Å². The van der Waals surface area contributed by atoms with Crippen LogP contribution in [0.15, 0.2) is 59.1 Å². The van der Waals surface area contributed by atoms with E-state index < -0.39 is 0 Å². The number of hydrogen-bond acceptors (Lipinski definition) is 4. The molecule has 6 heteroatoms. The quantitative estimate of drug-likeness (QED) is 0.326. The Labute approximate surface area is 210 Å². The minimum Gasteiger partial charge on any atom is -0.493 e. The molecule has 0 aromatic heterocycles. The van der Waals surface area contributed by atoms with Gasteiger partial charge in [-0.25, -0.2) is 0 Å². The number of halogens is 2. The Morgan fingerprint density at radius 3 is 2.55 bits per heavy atom. The molecule has 1 fully saturated rings. The normalized spacial score (nSPS) is 13.6. The van der Waals surface area contributed by atoms with Crippen LogP contribution in [0.4, 0.5) is 11.4 Å². The Balaban J connectivity index is 1.42. The first-order chi connectivity index (χ1) is 16.0. The van der Waals surface area contributed by atoms with E-state index in [2.05, 4.69) is 63.4 Å². The van der Waals surface area contributed by atoms with Crippen LogP contribution in [-0.2, 0) is 13.2 Å². The summed E-state index contributed by atoms with van der Waals surface area (Å²) >= 11 is 10.3. The highest BCUT2D eigenvalue weighted by Gasteiger charge is 2.15. The van der Waals surface area contributed by atoms with Crippen LogP contribution in [0, 0.1) is 6.92 Å². The van der Waals surface area contributed by atoms with Crippen molar-refractivity contribution in [2.45, 2.75) is 39.3 Å². The monoisotopic (exact) mass is 528 g/mol. The van der Waals surface area contributed by atoms with Crippen molar-refractivity contribution >= 4 is 38.9 Å². The molecule has 0 amide bonds. The van der Waals surface area contributed by atoms with E-state index in [0.717, 1.165) is 45.1 Å². The molecule has 3 aromatic rings. The van der Waals surface area contributed by atoms with Gasteiger partial charge in [0.25, 0.3) is 0 Å². The fraction of sp³-hybridized carbons (Fsp3) is 0.333. The lowest BCUT2D eigenvalue weighted by molar-refractivity contribution is 0.284. The molecule has 1 saturated heterocycles. The maximum atomic E-state index is 6.61. The number of benzene rings is 3. The fourth-order valence-electron chi connectivity index (χ4n) is 4.15. The molecule has 1 aliphatic heterocycles. The predicted molar refractivity (Wildman–Crippen MR) is 141 cm³/mol. The maximum absolute atomic E-state index is 6.61. The Kier molecular flexibility index (Phi) is 8.05. The van der Waals surface area contributed by atoms with E-state index >= 15 is 0 Å². The number of aryl methyl sites for hydroxylation is 1. The molecule has 0 spiro atoms. The molecular weight excluding hydrogens is 500 g/mol. The summed E-state index contributed by atoms with van der Waals surface area (Å²) in [7, 11) is 1.67. The Morgan fingerprint density at radius 2 is 1.82 bits per heavy atom. The van der Waals surface area contributed by atoms with Gasteiger partial charge in [-0.1, -0.05) is 57.4 Å². The Morgan fingerprint density at radius 1 is 1.00 bits per heavy atom. The fourth-order valence-corrected chi connectivity index (χ4v) is 4.92. The molecule has 4 nitrogen and oxygen atoms in total. The molecular formula is C27H30BrClN2O2. The summed E-state index contributed by atoms with van der Waals surface area (Å²) in [5, 5.41) is 4.27. The zero-order chi connectivity index (χ0) is 23.2. The highest BCUT2D eigenvalue weighted by atomic mass is 79.9. The molecule has 1 heterocycles. The van der Waals surface area contributed by atoms with Crippen molar-refractivity contribution in [1.29, 1.82) is 0 Å². The second-order valence-electron chi connectivity index (χ2n) is 8.44. The molecule has 0 radical (unpaired) electrons. The lowest BCUT2D eigenvalue weighted by Crippen LogP contribution is -2.29. The van der Waals surface area contributed by atoms with Gasteiger partial charge in [0.15, 0.2) is 11.5 Å². The first-order valence-electron chi connectivity index (χ1n) is 11.4. The molecule has 4 rings (SSSR count). The first kappa shape index (κ1) is 23.8. The van der Waals surface area contributed by atoms with Gasteiger partial charge in [0.2, 0.25) is 0 Å². The predicted octanol–water partition coefficient (Wildman–Crippen LogP) is 7.60. The molecule has 0 atom stereocenters. The third-order valence-corrected chi connectivity index (χ3v) is 6.98. The number of ether oxygens (including phenoxy) is 2. The van der Waals surface area contributed by atoms with E-state index in [4.69, 9.17) is 21.1 Å². The SMILES string of the molecule is COc1cc(CNc2ccc(N3CCCCC3)c(Cl)c2)c(Br)cc1OCc1cccc(C)c1. The highest BCUT2D eigenvalue weighted by molar-refractivity contribution is 9.10. The summed E-state index contributed by atoms with van der Waals surface area (Å²) in [5.74, 6) is 1.42. The van der Waals surface area contributed by atoms with Gasteiger partial charge in [0.1, 0.15) is 6.61 Å². The van der Waals surface area contributed by atoms with E-state index in [1.807, 2.05) is 24.3 Å². The number of piperidine rings is 1. The van der Waals surface area contributed by atoms with Crippen LogP contribution >= 0.6 is 27.5 Å². The summed E-state index contributed by atoms with van der Waals surface area (Å²) in [6.07, 6.45) is 3.77. The molecule has 3 aromatic carbocycles. The summed E-state index contributed by atoms with van der Waals surface area (Å²) < 4.78 is 12.6. The highest BCUT2D eigenvalue weighted by Crippen LogP contribution is 2.35. The minimum absolute atomic E-state index is 0.490. The second-order valence-corrected chi connectivity index (χ2v) is 9.70. The van der Waals surface area contributed by atoms with E-state index in [0.29, 0.717) is 24.7 Å². The van der Waals surface area contributed by atoms with Crippen LogP contribution in [0.2, 0.25) is 5.02 Å². The third-order valence-electron chi connectivity index (χ3n) is 5.94. The van der Waals surface area contributed by atoms with Gasteiger partial charge in [0, 0.05) is 29.8 Å². The van der Waals surface area contributed by atoms with Crippen molar-refractivity contribution in [2.75, 3.05) is 30.4 Å². The second kappa shape index (κ2) is 11.2. The van der Waals surface area contributed by atoms with Crippen LogP contribution in [0.25, 0.3) is 0 Å². The van der Waals surface area contributed by atoms with Crippen LogP contribution in [0.3, 0.4) is 0 Å². The van der Waals surface area contributed by atoms with Crippen LogP contribution < -0.4 is 19.7 Å². The first-order valence-corrected chi connectivity index (χ1v) is 12.5. The lowest BCUT2D eigenvalue weighted by Gasteiger charge is -2.29. The number of methoxy groups -OCH3 is 1. The van der Waals surface area contributed by atoms with Crippen molar-refractivity contribution in [3.05, 3.63) is 80.8 Å².